The molecule has 1 aliphatic heterocycles. The van der Waals surface area contributed by atoms with Crippen LogP contribution in [0.5, 0.6) is 17.2 Å². The van der Waals surface area contributed by atoms with Crippen molar-refractivity contribution in [1.82, 2.24) is 10.2 Å². The maximum atomic E-state index is 13.1. The van der Waals surface area contributed by atoms with Gasteiger partial charge < -0.3 is 24.4 Å². The zero-order chi connectivity index (χ0) is 23.3. The van der Waals surface area contributed by atoms with E-state index >= 15 is 0 Å². The van der Waals surface area contributed by atoms with Crippen LogP contribution in [0.2, 0.25) is 0 Å². The molecule has 7 nitrogen and oxygen atoms in total. The molecule has 1 saturated heterocycles. The molecule has 1 heterocycles. The first kappa shape index (κ1) is 24.8. The maximum absolute atomic E-state index is 13.1. The minimum atomic E-state index is -0.342. The standard InChI is InChI=1S/C24H38N2O5/c1-15(2)12-25-23(28)18-14-26(21(27)11-24(3,4)5)13-17(18)16-9-19(29-6)22(31-8)20(10-16)30-7/h9-10,15,17-18H,11-14H2,1-8H3,(H,25,28)/t17-,18+/m1/s1. The molecule has 0 bridgehead atoms. The van der Waals surface area contributed by atoms with E-state index < -0.39 is 0 Å². The lowest BCUT2D eigenvalue weighted by molar-refractivity contribution is -0.132. The summed E-state index contributed by atoms with van der Waals surface area (Å²) in [6, 6.07) is 3.76. The van der Waals surface area contributed by atoms with Gasteiger partial charge in [-0.1, -0.05) is 34.6 Å². The minimum Gasteiger partial charge on any atom is -0.493 e. The van der Waals surface area contributed by atoms with Crippen LogP contribution < -0.4 is 19.5 Å². The lowest BCUT2D eigenvalue weighted by atomic mass is 9.87. The summed E-state index contributed by atoms with van der Waals surface area (Å²) in [5.41, 5.74) is 0.780. The highest BCUT2D eigenvalue weighted by molar-refractivity contribution is 5.83. The van der Waals surface area contributed by atoms with Crippen molar-refractivity contribution in [3.8, 4) is 17.2 Å². The Morgan fingerprint density at radius 1 is 1.06 bits per heavy atom. The van der Waals surface area contributed by atoms with Crippen molar-refractivity contribution in [2.24, 2.45) is 17.3 Å². The molecule has 1 N–H and O–H groups in total. The second-order valence-corrected chi connectivity index (χ2v) is 9.85. The van der Waals surface area contributed by atoms with E-state index in [1.165, 1.54) is 0 Å². The minimum absolute atomic E-state index is 0.0292. The van der Waals surface area contributed by atoms with Gasteiger partial charge in [-0.15, -0.1) is 0 Å². The Morgan fingerprint density at radius 3 is 2.10 bits per heavy atom. The first-order chi connectivity index (χ1) is 14.5. The van der Waals surface area contributed by atoms with E-state index in [0.717, 1.165) is 5.56 Å². The van der Waals surface area contributed by atoms with E-state index in [1.807, 2.05) is 37.8 Å². The molecular formula is C24H38N2O5. The summed E-state index contributed by atoms with van der Waals surface area (Å²) in [5.74, 6) is 1.48. The van der Waals surface area contributed by atoms with Gasteiger partial charge in [-0.25, -0.2) is 0 Å². The van der Waals surface area contributed by atoms with E-state index in [2.05, 4.69) is 19.2 Å². The van der Waals surface area contributed by atoms with Gasteiger partial charge in [0.15, 0.2) is 11.5 Å². The van der Waals surface area contributed by atoms with Gasteiger partial charge in [0.2, 0.25) is 17.6 Å². The molecule has 0 aromatic heterocycles. The molecular weight excluding hydrogens is 396 g/mol. The van der Waals surface area contributed by atoms with Crippen LogP contribution >= 0.6 is 0 Å². The molecule has 1 aliphatic rings. The highest BCUT2D eigenvalue weighted by Gasteiger charge is 2.41. The van der Waals surface area contributed by atoms with Crippen molar-refractivity contribution in [2.45, 2.75) is 47.0 Å². The van der Waals surface area contributed by atoms with Gasteiger partial charge in [0, 0.05) is 32.0 Å². The summed E-state index contributed by atoms with van der Waals surface area (Å²) in [7, 11) is 4.70. The van der Waals surface area contributed by atoms with Gasteiger partial charge in [0.25, 0.3) is 0 Å². The number of hydrogen-bond donors (Lipinski definition) is 1. The van der Waals surface area contributed by atoms with Crippen molar-refractivity contribution in [1.29, 1.82) is 0 Å². The Morgan fingerprint density at radius 2 is 1.65 bits per heavy atom. The molecule has 2 amide bonds. The average molecular weight is 435 g/mol. The third-order valence-corrected chi connectivity index (χ3v) is 5.49. The second-order valence-electron chi connectivity index (χ2n) is 9.85. The first-order valence-electron chi connectivity index (χ1n) is 10.9. The predicted octanol–water partition coefficient (Wildman–Crippen LogP) is 3.46. The number of rotatable bonds is 8. The summed E-state index contributed by atoms with van der Waals surface area (Å²) in [6.45, 7) is 11.7. The van der Waals surface area contributed by atoms with Crippen LogP contribution in [0.1, 0.15) is 52.5 Å². The summed E-state index contributed by atoms with van der Waals surface area (Å²) < 4.78 is 16.5. The van der Waals surface area contributed by atoms with Crippen LogP contribution in [-0.2, 0) is 9.59 Å². The fourth-order valence-corrected chi connectivity index (χ4v) is 3.93. The van der Waals surface area contributed by atoms with Gasteiger partial charge in [0.05, 0.1) is 27.2 Å². The molecule has 0 radical (unpaired) electrons. The smallest absolute Gasteiger partial charge is 0.225 e. The maximum Gasteiger partial charge on any atom is 0.225 e. The van der Waals surface area contributed by atoms with Gasteiger partial charge in [-0.3, -0.25) is 9.59 Å². The Bertz CT molecular complexity index is 760. The molecule has 0 saturated carbocycles. The van der Waals surface area contributed by atoms with Crippen molar-refractivity contribution >= 4 is 11.8 Å². The normalized spacial score (nSPS) is 18.8. The molecule has 31 heavy (non-hydrogen) atoms. The van der Waals surface area contributed by atoms with Gasteiger partial charge in [-0.05, 0) is 29.0 Å². The number of likely N-dealkylation sites (tertiary alicyclic amines) is 1. The molecule has 2 atom stereocenters. The predicted molar refractivity (Wildman–Crippen MR) is 121 cm³/mol. The van der Waals surface area contributed by atoms with E-state index in [4.69, 9.17) is 14.2 Å². The molecule has 0 spiro atoms. The van der Waals surface area contributed by atoms with Crippen LogP contribution in [-0.4, -0.2) is 57.7 Å². The lowest BCUT2D eigenvalue weighted by Crippen LogP contribution is -2.37. The molecule has 1 aromatic rings. The van der Waals surface area contributed by atoms with Gasteiger partial charge in [-0.2, -0.15) is 0 Å². The van der Waals surface area contributed by atoms with Crippen LogP contribution in [0.15, 0.2) is 12.1 Å². The Hall–Kier alpha value is -2.44. The average Bonchev–Trinajstić information content (AvgIpc) is 3.15. The second kappa shape index (κ2) is 10.2. The van der Waals surface area contributed by atoms with Crippen LogP contribution in [0.25, 0.3) is 0 Å². The number of ether oxygens (including phenoxy) is 3. The van der Waals surface area contributed by atoms with Crippen LogP contribution in [0.4, 0.5) is 0 Å². The van der Waals surface area contributed by atoms with Crippen molar-refractivity contribution in [3.05, 3.63) is 17.7 Å². The van der Waals surface area contributed by atoms with Crippen molar-refractivity contribution < 1.29 is 23.8 Å². The Kier molecular flexibility index (Phi) is 8.21. The zero-order valence-electron chi connectivity index (χ0n) is 20.2. The van der Waals surface area contributed by atoms with Gasteiger partial charge in [0.1, 0.15) is 0 Å². The third-order valence-electron chi connectivity index (χ3n) is 5.49. The molecule has 1 aromatic carbocycles. The zero-order valence-corrected chi connectivity index (χ0v) is 20.2. The van der Waals surface area contributed by atoms with E-state index in [-0.39, 0.29) is 29.1 Å². The summed E-state index contributed by atoms with van der Waals surface area (Å²) >= 11 is 0. The molecule has 2 rings (SSSR count). The van der Waals surface area contributed by atoms with Crippen LogP contribution in [0, 0.1) is 17.3 Å². The summed E-state index contributed by atoms with van der Waals surface area (Å²) in [4.78, 5) is 27.8. The number of benzene rings is 1. The summed E-state index contributed by atoms with van der Waals surface area (Å²) in [5, 5.41) is 3.05. The van der Waals surface area contributed by atoms with E-state index in [1.54, 1.807) is 21.3 Å². The molecule has 174 valence electrons. The fourth-order valence-electron chi connectivity index (χ4n) is 3.93. The lowest BCUT2D eigenvalue weighted by Gasteiger charge is -2.23. The monoisotopic (exact) mass is 434 g/mol. The highest BCUT2D eigenvalue weighted by Crippen LogP contribution is 2.43. The molecule has 1 fully saturated rings. The number of hydrogen-bond acceptors (Lipinski definition) is 5. The number of carbonyl (C=O) groups is 2. The number of amides is 2. The number of methoxy groups -OCH3 is 3. The molecule has 0 unspecified atom stereocenters. The van der Waals surface area contributed by atoms with E-state index in [0.29, 0.717) is 49.2 Å². The number of carbonyl (C=O) groups excluding carboxylic acids is 2. The molecule has 7 heteroatoms. The SMILES string of the molecule is COc1cc([C@H]2CN(C(=O)CC(C)(C)C)C[C@@H]2C(=O)NCC(C)C)cc(OC)c1OC. The number of nitrogens with one attached hydrogen (secondary N) is 1. The largest absolute Gasteiger partial charge is 0.493 e. The van der Waals surface area contributed by atoms with Gasteiger partial charge >= 0.3 is 0 Å². The fraction of sp³-hybridized carbons (Fsp3) is 0.667. The quantitative estimate of drug-likeness (QED) is 0.678. The highest BCUT2D eigenvalue weighted by atomic mass is 16.5. The third kappa shape index (κ3) is 6.28. The number of nitrogens with zero attached hydrogens (tertiary/aromatic N) is 1. The van der Waals surface area contributed by atoms with Crippen molar-refractivity contribution in [2.75, 3.05) is 41.0 Å². The summed E-state index contributed by atoms with van der Waals surface area (Å²) in [6.07, 6.45) is 0.440. The Balaban J connectivity index is 2.40. The van der Waals surface area contributed by atoms with Crippen LogP contribution in [0.3, 0.4) is 0 Å². The van der Waals surface area contributed by atoms with Crippen molar-refractivity contribution in [3.63, 3.8) is 0 Å². The topological polar surface area (TPSA) is 77.1 Å². The molecule has 0 aliphatic carbocycles. The Labute approximate surface area is 186 Å². The first-order valence-corrected chi connectivity index (χ1v) is 10.9. The van der Waals surface area contributed by atoms with E-state index in [9.17, 15) is 9.59 Å².